The molecule has 1 N–H and O–H groups in total. The smallest absolute Gasteiger partial charge is 0.128 e. The van der Waals surface area contributed by atoms with E-state index in [-0.39, 0.29) is 11.9 Å². The van der Waals surface area contributed by atoms with Crippen molar-refractivity contribution in [2.45, 2.75) is 25.8 Å². The molecule has 0 fully saturated rings. The van der Waals surface area contributed by atoms with E-state index < -0.39 is 0 Å². The van der Waals surface area contributed by atoms with Crippen molar-refractivity contribution in [1.82, 2.24) is 14.9 Å². The molecular formula is C15H19ClFN3. The molecule has 1 atom stereocenters. The molecule has 1 unspecified atom stereocenters. The summed E-state index contributed by atoms with van der Waals surface area (Å²) in [5.74, 6) is 0.774. The third-order valence-corrected chi connectivity index (χ3v) is 3.60. The van der Waals surface area contributed by atoms with Gasteiger partial charge in [-0.1, -0.05) is 18.5 Å². The van der Waals surface area contributed by atoms with Crippen LogP contribution < -0.4 is 5.32 Å². The van der Waals surface area contributed by atoms with Crippen molar-refractivity contribution in [2.24, 2.45) is 7.05 Å². The molecule has 0 aliphatic heterocycles. The van der Waals surface area contributed by atoms with Gasteiger partial charge >= 0.3 is 0 Å². The zero-order valence-electron chi connectivity index (χ0n) is 11.7. The highest BCUT2D eigenvalue weighted by Gasteiger charge is 2.16. The van der Waals surface area contributed by atoms with E-state index in [2.05, 4.69) is 10.3 Å². The molecule has 2 rings (SSSR count). The molecule has 0 saturated carbocycles. The number of aromatic nitrogens is 2. The molecule has 5 heteroatoms. The Morgan fingerprint density at radius 2 is 2.25 bits per heavy atom. The monoisotopic (exact) mass is 295 g/mol. The average Bonchev–Trinajstić information content (AvgIpc) is 2.83. The van der Waals surface area contributed by atoms with Crippen LogP contribution in [0.15, 0.2) is 30.6 Å². The molecular weight excluding hydrogens is 277 g/mol. The lowest BCUT2D eigenvalue weighted by molar-refractivity contribution is 0.478. The molecule has 3 nitrogen and oxygen atoms in total. The van der Waals surface area contributed by atoms with Crippen LogP contribution in [-0.2, 0) is 13.5 Å². The first-order valence-electron chi connectivity index (χ1n) is 6.76. The van der Waals surface area contributed by atoms with Gasteiger partial charge in [-0.05, 0) is 31.2 Å². The summed E-state index contributed by atoms with van der Waals surface area (Å²) < 4.78 is 16.0. The van der Waals surface area contributed by atoms with Crippen molar-refractivity contribution < 1.29 is 4.39 Å². The number of benzene rings is 1. The van der Waals surface area contributed by atoms with Gasteiger partial charge in [0, 0.05) is 42.5 Å². The third-order valence-electron chi connectivity index (χ3n) is 3.36. The molecule has 1 aromatic carbocycles. The van der Waals surface area contributed by atoms with Gasteiger partial charge in [0.1, 0.15) is 11.6 Å². The SMILES string of the molecule is CCNC(CCc1nccn1C)c1cc(Cl)ccc1F. The minimum Gasteiger partial charge on any atom is -0.338 e. The number of nitrogens with zero attached hydrogens (tertiary/aromatic N) is 2. The minimum atomic E-state index is -0.222. The summed E-state index contributed by atoms with van der Waals surface area (Å²) in [7, 11) is 1.96. The molecule has 0 saturated heterocycles. The van der Waals surface area contributed by atoms with E-state index in [1.807, 2.05) is 24.7 Å². The van der Waals surface area contributed by atoms with Gasteiger partial charge in [0.15, 0.2) is 0 Å². The predicted octanol–water partition coefficient (Wildman–Crippen LogP) is 3.50. The molecule has 0 spiro atoms. The number of imidazole rings is 1. The van der Waals surface area contributed by atoms with Crippen LogP contribution in [0.25, 0.3) is 0 Å². The lowest BCUT2D eigenvalue weighted by Crippen LogP contribution is -2.23. The highest BCUT2D eigenvalue weighted by atomic mass is 35.5. The second-order valence-corrected chi connectivity index (χ2v) is 5.21. The van der Waals surface area contributed by atoms with Crippen LogP contribution in [-0.4, -0.2) is 16.1 Å². The van der Waals surface area contributed by atoms with Crippen molar-refractivity contribution in [2.75, 3.05) is 6.54 Å². The Morgan fingerprint density at radius 1 is 1.45 bits per heavy atom. The fraction of sp³-hybridized carbons (Fsp3) is 0.400. The first-order valence-corrected chi connectivity index (χ1v) is 7.14. The van der Waals surface area contributed by atoms with Gasteiger partial charge in [0.2, 0.25) is 0 Å². The molecule has 1 heterocycles. The lowest BCUT2D eigenvalue weighted by Gasteiger charge is -2.19. The van der Waals surface area contributed by atoms with Crippen molar-refractivity contribution in [3.05, 3.63) is 52.8 Å². The highest BCUT2D eigenvalue weighted by molar-refractivity contribution is 6.30. The van der Waals surface area contributed by atoms with Gasteiger partial charge in [-0.3, -0.25) is 0 Å². The molecule has 0 aliphatic carbocycles. The number of hydrogen-bond donors (Lipinski definition) is 1. The molecule has 1 aromatic heterocycles. The normalized spacial score (nSPS) is 12.6. The Bertz CT molecular complexity index is 568. The summed E-state index contributed by atoms with van der Waals surface area (Å²) >= 11 is 5.98. The molecule has 0 amide bonds. The number of halogens is 2. The zero-order chi connectivity index (χ0) is 14.5. The van der Waals surface area contributed by atoms with E-state index in [9.17, 15) is 4.39 Å². The Balaban J connectivity index is 2.14. The van der Waals surface area contributed by atoms with E-state index in [1.54, 1.807) is 18.3 Å². The topological polar surface area (TPSA) is 29.9 Å². The first-order chi connectivity index (χ1) is 9.61. The standard InChI is InChI=1S/C15H19ClFN3/c1-3-18-14(6-7-15-19-8-9-20(15)2)12-10-11(16)4-5-13(12)17/h4-5,8-10,14,18H,3,6-7H2,1-2H3. The molecule has 0 aliphatic rings. The summed E-state index contributed by atoms with van der Waals surface area (Å²) in [4.78, 5) is 4.30. The van der Waals surface area contributed by atoms with E-state index in [0.29, 0.717) is 10.6 Å². The van der Waals surface area contributed by atoms with Gasteiger partial charge in [0.25, 0.3) is 0 Å². The van der Waals surface area contributed by atoms with Crippen molar-refractivity contribution in [3.8, 4) is 0 Å². The average molecular weight is 296 g/mol. The van der Waals surface area contributed by atoms with Crippen molar-refractivity contribution in [1.29, 1.82) is 0 Å². The van der Waals surface area contributed by atoms with E-state index in [1.165, 1.54) is 6.07 Å². The van der Waals surface area contributed by atoms with Crippen molar-refractivity contribution >= 4 is 11.6 Å². The second kappa shape index (κ2) is 6.86. The first kappa shape index (κ1) is 15.0. The van der Waals surface area contributed by atoms with Crippen LogP contribution in [0.3, 0.4) is 0 Å². The molecule has 0 radical (unpaired) electrons. The summed E-state index contributed by atoms with van der Waals surface area (Å²) in [5, 5.41) is 3.87. The van der Waals surface area contributed by atoms with Gasteiger partial charge in [-0.15, -0.1) is 0 Å². The minimum absolute atomic E-state index is 0.0598. The van der Waals surface area contributed by atoms with E-state index in [4.69, 9.17) is 11.6 Å². The van der Waals surface area contributed by atoms with Crippen LogP contribution >= 0.6 is 11.6 Å². The van der Waals surface area contributed by atoms with Crippen LogP contribution in [0.1, 0.15) is 30.8 Å². The Hall–Kier alpha value is -1.39. The summed E-state index contributed by atoms with van der Waals surface area (Å²) in [6, 6.07) is 4.63. The number of aryl methyl sites for hydroxylation is 2. The summed E-state index contributed by atoms with van der Waals surface area (Å²) in [6.07, 6.45) is 5.25. The van der Waals surface area contributed by atoms with Crippen LogP contribution in [0.2, 0.25) is 5.02 Å². The third kappa shape index (κ3) is 3.58. The maximum absolute atomic E-state index is 14.0. The summed E-state index contributed by atoms with van der Waals surface area (Å²) in [5.41, 5.74) is 0.619. The lowest BCUT2D eigenvalue weighted by atomic mass is 10.0. The predicted molar refractivity (Wildman–Crippen MR) is 79.4 cm³/mol. The second-order valence-electron chi connectivity index (χ2n) is 4.77. The highest BCUT2D eigenvalue weighted by Crippen LogP contribution is 2.24. The van der Waals surface area contributed by atoms with Gasteiger partial charge in [-0.2, -0.15) is 0 Å². The van der Waals surface area contributed by atoms with Gasteiger partial charge in [0.05, 0.1) is 0 Å². The van der Waals surface area contributed by atoms with E-state index in [0.717, 1.165) is 25.2 Å². The van der Waals surface area contributed by atoms with Crippen LogP contribution in [0, 0.1) is 5.82 Å². The Labute approximate surface area is 123 Å². The Morgan fingerprint density at radius 3 is 2.90 bits per heavy atom. The fourth-order valence-corrected chi connectivity index (χ4v) is 2.49. The fourth-order valence-electron chi connectivity index (χ4n) is 2.31. The Kier molecular flexibility index (Phi) is 5.15. The van der Waals surface area contributed by atoms with Crippen LogP contribution in [0.5, 0.6) is 0 Å². The number of hydrogen-bond acceptors (Lipinski definition) is 2. The van der Waals surface area contributed by atoms with E-state index >= 15 is 0 Å². The number of nitrogens with one attached hydrogen (secondary N) is 1. The van der Waals surface area contributed by atoms with Gasteiger partial charge in [-0.25, -0.2) is 9.37 Å². The molecule has 2 aromatic rings. The largest absolute Gasteiger partial charge is 0.338 e. The maximum Gasteiger partial charge on any atom is 0.128 e. The van der Waals surface area contributed by atoms with Crippen molar-refractivity contribution in [3.63, 3.8) is 0 Å². The van der Waals surface area contributed by atoms with Gasteiger partial charge < -0.3 is 9.88 Å². The maximum atomic E-state index is 14.0. The molecule has 20 heavy (non-hydrogen) atoms. The number of rotatable bonds is 6. The quantitative estimate of drug-likeness (QED) is 0.884. The summed E-state index contributed by atoms with van der Waals surface area (Å²) in [6.45, 7) is 2.79. The molecule has 108 valence electrons. The molecule has 0 bridgehead atoms. The van der Waals surface area contributed by atoms with Crippen LogP contribution in [0.4, 0.5) is 4.39 Å². The zero-order valence-corrected chi connectivity index (χ0v) is 12.5.